The number of nitrogens with two attached hydrogens (primary N) is 1. The van der Waals surface area contributed by atoms with E-state index in [1.54, 1.807) is 18.2 Å². The normalized spacial score (nSPS) is 11.6. The summed E-state index contributed by atoms with van der Waals surface area (Å²) in [6.45, 7) is 2.37. The predicted octanol–water partition coefficient (Wildman–Crippen LogP) is 2.70. The number of nitrogens with zero attached hydrogens (tertiary/aromatic N) is 2. The maximum Gasteiger partial charge on any atom is 0.267 e. The van der Waals surface area contributed by atoms with Gasteiger partial charge in [0.2, 0.25) is 0 Å². The van der Waals surface area contributed by atoms with Crippen LogP contribution in [-0.4, -0.2) is 18.2 Å². The lowest BCUT2D eigenvalue weighted by atomic mass is 10.3. The Morgan fingerprint density at radius 1 is 1.50 bits per heavy atom. The molecule has 108 valence electrons. The summed E-state index contributed by atoms with van der Waals surface area (Å²) in [6, 6.07) is 4.88. The van der Waals surface area contributed by atoms with Crippen LogP contribution >= 0.6 is 27.5 Å². The molecule has 0 radical (unpaired) electrons. The van der Waals surface area contributed by atoms with E-state index in [9.17, 15) is 8.42 Å². The van der Waals surface area contributed by atoms with Gasteiger partial charge in [-0.25, -0.2) is 8.42 Å². The van der Waals surface area contributed by atoms with Crippen molar-refractivity contribution in [3.63, 3.8) is 0 Å². The third kappa shape index (κ3) is 2.92. The average molecular weight is 380 g/mol. The molecule has 0 saturated carbocycles. The maximum absolute atomic E-state index is 12.3. The van der Waals surface area contributed by atoms with Crippen molar-refractivity contribution in [2.75, 3.05) is 10.5 Å². The number of rotatable bonds is 4. The van der Waals surface area contributed by atoms with E-state index < -0.39 is 10.0 Å². The molecule has 0 spiro atoms. The van der Waals surface area contributed by atoms with Gasteiger partial charge in [0, 0.05) is 12.7 Å². The number of nitrogen functional groups attached to an aromatic ring is 1. The Bertz CT molecular complexity index is 745. The smallest absolute Gasteiger partial charge is 0.267 e. The second kappa shape index (κ2) is 5.63. The fourth-order valence-corrected chi connectivity index (χ4v) is 3.38. The Hall–Kier alpha value is -1.25. The minimum atomic E-state index is -3.82. The maximum atomic E-state index is 12.3. The molecule has 9 heteroatoms. The van der Waals surface area contributed by atoms with Gasteiger partial charge in [-0.15, -0.1) is 0 Å². The van der Waals surface area contributed by atoms with E-state index in [0.29, 0.717) is 21.7 Å². The quantitative estimate of drug-likeness (QED) is 0.854. The molecule has 3 N–H and O–H groups in total. The van der Waals surface area contributed by atoms with Crippen molar-refractivity contribution in [1.29, 1.82) is 0 Å². The summed E-state index contributed by atoms with van der Waals surface area (Å²) in [5.41, 5.74) is 5.97. The van der Waals surface area contributed by atoms with Gasteiger partial charge in [0.15, 0.2) is 5.82 Å². The zero-order valence-corrected chi connectivity index (χ0v) is 13.6. The lowest BCUT2D eigenvalue weighted by Crippen LogP contribution is -2.14. The number of sulfonamides is 1. The molecule has 2 rings (SSSR count). The molecule has 20 heavy (non-hydrogen) atoms. The number of aryl methyl sites for hydroxylation is 1. The Morgan fingerprint density at radius 3 is 2.80 bits per heavy atom. The van der Waals surface area contributed by atoms with Gasteiger partial charge in [-0.2, -0.15) is 5.10 Å². The van der Waals surface area contributed by atoms with E-state index in [1.165, 1.54) is 10.9 Å². The molecular formula is C11H12BrClN4O2S. The molecule has 0 aliphatic carbocycles. The second-order valence-corrected chi connectivity index (χ2v) is 6.79. The SMILES string of the molecule is CCn1cc(S(=O)(=O)Nc2cccc(Cl)c2Br)c(N)n1. The van der Waals surface area contributed by atoms with E-state index in [-0.39, 0.29) is 10.7 Å². The molecule has 0 unspecified atom stereocenters. The van der Waals surface area contributed by atoms with E-state index in [2.05, 4.69) is 25.8 Å². The first kappa shape index (κ1) is 15.1. The standard InChI is InChI=1S/C11H12BrClN4O2S/c1-2-17-6-9(11(14)15-17)20(18,19)16-8-5-3-4-7(13)10(8)12/h3-6,16H,2H2,1H3,(H2,14,15). The molecule has 0 aliphatic heterocycles. The second-order valence-electron chi connectivity index (χ2n) is 3.94. The minimum Gasteiger partial charge on any atom is -0.381 e. The summed E-state index contributed by atoms with van der Waals surface area (Å²) < 4.78 is 29.0. The first-order valence-corrected chi connectivity index (χ1v) is 8.30. The summed E-state index contributed by atoms with van der Waals surface area (Å²) in [4.78, 5) is -0.0637. The summed E-state index contributed by atoms with van der Waals surface area (Å²) in [5, 5.41) is 4.32. The first-order chi connectivity index (χ1) is 9.35. The molecule has 0 saturated heterocycles. The Balaban J connectivity index is 2.40. The van der Waals surface area contributed by atoms with Crippen LogP contribution in [0.5, 0.6) is 0 Å². The Kier molecular flexibility index (Phi) is 4.26. The van der Waals surface area contributed by atoms with Crippen molar-refractivity contribution in [3.8, 4) is 0 Å². The van der Waals surface area contributed by atoms with Gasteiger partial charge >= 0.3 is 0 Å². The zero-order chi connectivity index (χ0) is 14.9. The molecule has 0 atom stereocenters. The lowest BCUT2D eigenvalue weighted by molar-refractivity contribution is 0.600. The minimum absolute atomic E-state index is 0.0440. The highest BCUT2D eigenvalue weighted by atomic mass is 79.9. The van der Waals surface area contributed by atoms with Crippen molar-refractivity contribution in [2.45, 2.75) is 18.4 Å². The molecule has 1 aromatic heterocycles. The third-order valence-corrected chi connectivity index (χ3v) is 5.34. The molecule has 0 fully saturated rings. The van der Waals surface area contributed by atoms with E-state index in [0.717, 1.165) is 0 Å². The van der Waals surface area contributed by atoms with Crippen molar-refractivity contribution >= 4 is 49.1 Å². The van der Waals surface area contributed by atoms with Gasteiger partial charge in [-0.1, -0.05) is 17.7 Å². The first-order valence-electron chi connectivity index (χ1n) is 5.65. The van der Waals surface area contributed by atoms with Crippen LogP contribution in [0.3, 0.4) is 0 Å². The summed E-state index contributed by atoms with van der Waals surface area (Å²) in [5.74, 6) is -0.0440. The highest BCUT2D eigenvalue weighted by Crippen LogP contribution is 2.32. The van der Waals surface area contributed by atoms with Gasteiger partial charge in [0.1, 0.15) is 4.90 Å². The van der Waals surface area contributed by atoms with Crippen LogP contribution in [0.25, 0.3) is 0 Å². The Labute approximate surface area is 130 Å². The molecule has 0 aliphatic rings. The van der Waals surface area contributed by atoms with Crippen molar-refractivity contribution in [2.24, 2.45) is 0 Å². The number of benzene rings is 1. The number of aromatic nitrogens is 2. The van der Waals surface area contributed by atoms with Crippen LogP contribution in [0.15, 0.2) is 33.8 Å². The van der Waals surface area contributed by atoms with Crippen molar-refractivity contribution < 1.29 is 8.42 Å². The van der Waals surface area contributed by atoms with Crippen LogP contribution in [0.1, 0.15) is 6.92 Å². The van der Waals surface area contributed by atoms with Crippen LogP contribution in [0.2, 0.25) is 5.02 Å². The topological polar surface area (TPSA) is 90.0 Å². The molecule has 0 bridgehead atoms. The van der Waals surface area contributed by atoms with Crippen LogP contribution in [0, 0.1) is 0 Å². The third-order valence-electron chi connectivity index (χ3n) is 2.56. The van der Waals surface area contributed by atoms with Crippen LogP contribution < -0.4 is 10.5 Å². The van der Waals surface area contributed by atoms with Gasteiger partial charge in [0.25, 0.3) is 10.0 Å². The van der Waals surface area contributed by atoms with Crippen molar-refractivity contribution in [3.05, 3.63) is 33.9 Å². The number of nitrogens with one attached hydrogen (secondary N) is 1. The fraction of sp³-hybridized carbons (Fsp3) is 0.182. The fourth-order valence-electron chi connectivity index (χ4n) is 1.57. The molecule has 0 amide bonds. The zero-order valence-electron chi connectivity index (χ0n) is 10.5. The average Bonchev–Trinajstić information content (AvgIpc) is 2.77. The summed E-state index contributed by atoms with van der Waals surface area (Å²) >= 11 is 9.16. The Morgan fingerprint density at radius 2 is 2.20 bits per heavy atom. The molecule has 1 heterocycles. The largest absolute Gasteiger partial charge is 0.381 e. The molecular weight excluding hydrogens is 368 g/mol. The highest BCUT2D eigenvalue weighted by molar-refractivity contribution is 9.10. The summed E-state index contributed by atoms with van der Waals surface area (Å²) in [6.07, 6.45) is 1.39. The number of anilines is 2. The predicted molar refractivity (Wildman–Crippen MR) is 82.3 cm³/mol. The van der Waals surface area contributed by atoms with E-state index in [4.69, 9.17) is 17.3 Å². The van der Waals surface area contributed by atoms with Crippen molar-refractivity contribution in [1.82, 2.24) is 9.78 Å². The van der Waals surface area contributed by atoms with Crippen LogP contribution in [-0.2, 0) is 16.6 Å². The van der Waals surface area contributed by atoms with Gasteiger partial charge in [-0.05, 0) is 35.0 Å². The number of hydrogen-bond donors (Lipinski definition) is 2. The van der Waals surface area contributed by atoms with Gasteiger partial charge in [0.05, 0.1) is 15.2 Å². The van der Waals surface area contributed by atoms with E-state index in [1.807, 2.05) is 6.92 Å². The number of halogens is 2. The van der Waals surface area contributed by atoms with Gasteiger partial charge in [-0.3, -0.25) is 9.40 Å². The summed E-state index contributed by atoms with van der Waals surface area (Å²) in [7, 11) is -3.82. The monoisotopic (exact) mass is 378 g/mol. The highest BCUT2D eigenvalue weighted by Gasteiger charge is 2.22. The lowest BCUT2D eigenvalue weighted by Gasteiger charge is -2.09. The van der Waals surface area contributed by atoms with E-state index >= 15 is 0 Å². The molecule has 2 aromatic rings. The van der Waals surface area contributed by atoms with Gasteiger partial charge < -0.3 is 5.73 Å². The molecule has 6 nitrogen and oxygen atoms in total. The number of hydrogen-bond acceptors (Lipinski definition) is 4. The van der Waals surface area contributed by atoms with Crippen LogP contribution in [0.4, 0.5) is 11.5 Å². The molecule has 1 aromatic carbocycles.